The van der Waals surface area contributed by atoms with E-state index in [9.17, 15) is 19.5 Å². The number of methoxy groups -OCH3 is 1. The number of carbonyl (C=O) groups excluding carboxylic acids is 1. The second-order valence-corrected chi connectivity index (χ2v) is 8.55. The Balaban J connectivity index is 1.46. The molecular formula is C29H31NO7. The van der Waals surface area contributed by atoms with Crippen molar-refractivity contribution in [3.8, 4) is 11.5 Å². The van der Waals surface area contributed by atoms with Crippen LogP contribution in [0.1, 0.15) is 57.5 Å². The molecule has 194 valence electrons. The Labute approximate surface area is 215 Å². The molecule has 3 aromatic carbocycles. The van der Waals surface area contributed by atoms with E-state index in [0.717, 1.165) is 43.4 Å². The third-order valence-corrected chi connectivity index (χ3v) is 5.84. The molecule has 0 aliphatic heterocycles. The molecule has 0 saturated carbocycles. The second kappa shape index (κ2) is 13.7. The zero-order chi connectivity index (χ0) is 26.6. The fourth-order valence-corrected chi connectivity index (χ4v) is 3.89. The largest absolute Gasteiger partial charge is 0.493 e. The van der Waals surface area contributed by atoms with Crippen molar-refractivity contribution in [2.45, 2.75) is 38.5 Å². The van der Waals surface area contributed by atoms with Crippen molar-refractivity contribution in [3.05, 3.63) is 89.0 Å². The first-order valence-corrected chi connectivity index (χ1v) is 12.1. The van der Waals surface area contributed by atoms with Gasteiger partial charge in [0.15, 0.2) is 11.5 Å². The van der Waals surface area contributed by atoms with Gasteiger partial charge in [-0.15, -0.1) is 0 Å². The molecule has 0 heterocycles. The fraction of sp³-hybridized carbons (Fsp3) is 0.276. The second-order valence-electron chi connectivity index (χ2n) is 8.55. The van der Waals surface area contributed by atoms with Crippen LogP contribution in [0.25, 0.3) is 0 Å². The lowest BCUT2D eigenvalue weighted by molar-refractivity contribution is -0.116. The summed E-state index contributed by atoms with van der Waals surface area (Å²) in [5.41, 5.74) is 1.72. The summed E-state index contributed by atoms with van der Waals surface area (Å²) in [5, 5.41) is 21.0. The molecule has 0 bridgehead atoms. The topological polar surface area (TPSA) is 122 Å². The number of ether oxygens (including phenoxy) is 2. The van der Waals surface area contributed by atoms with Gasteiger partial charge in [-0.05, 0) is 73.6 Å². The number of aromatic carboxylic acids is 2. The van der Waals surface area contributed by atoms with E-state index in [1.54, 1.807) is 7.11 Å². The Morgan fingerprint density at radius 1 is 0.757 bits per heavy atom. The number of unbranched alkanes of at least 4 members (excludes halogenated alkanes) is 2. The minimum atomic E-state index is -1.38. The minimum absolute atomic E-state index is 0.147. The Kier molecular flexibility index (Phi) is 10.1. The number of nitrogens with one attached hydrogen (secondary N) is 1. The Bertz CT molecular complexity index is 1220. The maximum absolute atomic E-state index is 12.4. The van der Waals surface area contributed by atoms with Gasteiger partial charge < -0.3 is 25.0 Å². The number of aryl methyl sites for hydroxylation is 2. The van der Waals surface area contributed by atoms with Crippen LogP contribution in [0.4, 0.5) is 5.69 Å². The van der Waals surface area contributed by atoms with Gasteiger partial charge in [-0.2, -0.15) is 0 Å². The average Bonchev–Trinajstić information content (AvgIpc) is 2.90. The van der Waals surface area contributed by atoms with Crippen LogP contribution in [0.2, 0.25) is 0 Å². The first-order valence-electron chi connectivity index (χ1n) is 12.1. The summed E-state index contributed by atoms with van der Waals surface area (Å²) in [5.74, 6) is -1.81. The number of hydrogen-bond acceptors (Lipinski definition) is 5. The molecule has 0 aromatic heterocycles. The summed E-state index contributed by atoms with van der Waals surface area (Å²) in [4.78, 5) is 34.9. The molecular weight excluding hydrogens is 474 g/mol. The van der Waals surface area contributed by atoms with E-state index < -0.39 is 11.9 Å². The van der Waals surface area contributed by atoms with Gasteiger partial charge in [0.25, 0.3) is 0 Å². The number of carboxylic acid groups (broad SMARTS) is 2. The van der Waals surface area contributed by atoms with E-state index >= 15 is 0 Å². The van der Waals surface area contributed by atoms with Crippen LogP contribution < -0.4 is 14.8 Å². The maximum Gasteiger partial charge on any atom is 0.336 e. The van der Waals surface area contributed by atoms with E-state index in [1.807, 2.05) is 24.3 Å². The molecule has 0 saturated heterocycles. The van der Waals surface area contributed by atoms with Crippen LogP contribution in [0.3, 0.4) is 0 Å². The zero-order valence-corrected chi connectivity index (χ0v) is 20.7. The first-order chi connectivity index (χ1) is 17.9. The molecule has 37 heavy (non-hydrogen) atoms. The minimum Gasteiger partial charge on any atom is -0.493 e. The van der Waals surface area contributed by atoms with Crippen molar-refractivity contribution < 1.29 is 34.1 Å². The van der Waals surface area contributed by atoms with Crippen molar-refractivity contribution in [1.82, 2.24) is 0 Å². The number of benzene rings is 3. The number of carboxylic acids is 2. The van der Waals surface area contributed by atoms with Crippen LogP contribution in [0, 0.1) is 0 Å². The molecule has 0 spiro atoms. The molecule has 0 radical (unpaired) electrons. The van der Waals surface area contributed by atoms with Gasteiger partial charge in [0.05, 0.1) is 24.8 Å². The predicted molar refractivity (Wildman–Crippen MR) is 140 cm³/mol. The number of carbonyl (C=O) groups is 3. The summed E-state index contributed by atoms with van der Waals surface area (Å²) in [6.45, 7) is 0.589. The highest BCUT2D eigenvalue weighted by atomic mass is 16.5. The van der Waals surface area contributed by atoms with E-state index in [0.29, 0.717) is 24.5 Å². The van der Waals surface area contributed by atoms with E-state index in [-0.39, 0.29) is 29.1 Å². The van der Waals surface area contributed by atoms with E-state index in [4.69, 9.17) is 14.6 Å². The Morgan fingerprint density at radius 3 is 2.22 bits per heavy atom. The summed E-state index contributed by atoms with van der Waals surface area (Å²) < 4.78 is 11.4. The van der Waals surface area contributed by atoms with Gasteiger partial charge >= 0.3 is 11.9 Å². The average molecular weight is 506 g/mol. The third kappa shape index (κ3) is 8.38. The highest BCUT2D eigenvalue weighted by Crippen LogP contribution is 2.29. The molecule has 0 fully saturated rings. The molecule has 3 aromatic rings. The molecule has 0 atom stereocenters. The quantitative estimate of drug-likeness (QED) is 0.249. The van der Waals surface area contributed by atoms with Crippen LogP contribution in [0.15, 0.2) is 66.7 Å². The number of anilines is 1. The maximum atomic E-state index is 12.4. The SMILES string of the molecule is COc1cc(CCC(=O)Nc2ccc(C(=O)O)c(C(=O)O)c2)ccc1OCCCCCc1ccccc1. The smallest absolute Gasteiger partial charge is 0.336 e. The molecule has 3 N–H and O–H groups in total. The highest BCUT2D eigenvalue weighted by molar-refractivity contribution is 6.03. The van der Waals surface area contributed by atoms with Crippen LogP contribution in [0.5, 0.6) is 11.5 Å². The standard InChI is InChI=1S/C29H31NO7/c1-36-26-18-21(11-15-25(26)37-17-7-3-6-10-20-8-4-2-5-9-20)12-16-27(31)30-22-13-14-23(28(32)33)24(19-22)29(34)35/h2,4-5,8-9,11,13-15,18-19H,3,6-7,10,12,16-17H2,1H3,(H,30,31)(H,32,33)(H,34,35). The molecule has 8 nitrogen and oxygen atoms in total. The first kappa shape index (κ1) is 27.3. The van der Waals surface area contributed by atoms with Crippen molar-refractivity contribution in [1.29, 1.82) is 0 Å². The summed E-state index contributed by atoms with van der Waals surface area (Å²) in [6, 6.07) is 19.6. The van der Waals surface area contributed by atoms with E-state index in [2.05, 4.69) is 29.6 Å². The van der Waals surface area contributed by atoms with Gasteiger partial charge in [0, 0.05) is 12.1 Å². The van der Waals surface area contributed by atoms with Crippen molar-refractivity contribution in [2.24, 2.45) is 0 Å². The Hall–Kier alpha value is -4.33. The highest BCUT2D eigenvalue weighted by Gasteiger charge is 2.17. The van der Waals surface area contributed by atoms with Crippen molar-refractivity contribution in [2.75, 3.05) is 19.0 Å². The van der Waals surface area contributed by atoms with E-state index in [1.165, 1.54) is 11.6 Å². The van der Waals surface area contributed by atoms with Crippen molar-refractivity contribution in [3.63, 3.8) is 0 Å². The molecule has 1 amide bonds. The number of rotatable bonds is 14. The number of hydrogen-bond donors (Lipinski definition) is 3. The normalized spacial score (nSPS) is 10.5. The summed E-state index contributed by atoms with van der Waals surface area (Å²) in [7, 11) is 1.57. The lowest BCUT2D eigenvalue weighted by Gasteiger charge is -2.12. The molecule has 0 aliphatic rings. The van der Waals surface area contributed by atoms with Crippen LogP contribution in [-0.2, 0) is 17.6 Å². The van der Waals surface area contributed by atoms with Gasteiger partial charge in [-0.1, -0.05) is 36.4 Å². The van der Waals surface area contributed by atoms with Gasteiger partial charge in [-0.25, -0.2) is 9.59 Å². The van der Waals surface area contributed by atoms with Crippen LogP contribution in [-0.4, -0.2) is 41.8 Å². The molecule has 8 heteroatoms. The predicted octanol–water partition coefficient (Wildman–Crippen LogP) is 5.45. The summed E-state index contributed by atoms with van der Waals surface area (Å²) in [6.07, 6.45) is 4.74. The molecule has 0 unspecified atom stereocenters. The lowest BCUT2D eigenvalue weighted by atomic mass is 10.1. The molecule has 3 rings (SSSR count). The van der Waals surface area contributed by atoms with Gasteiger partial charge in [-0.3, -0.25) is 4.79 Å². The Morgan fingerprint density at radius 2 is 1.51 bits per heavy atom. The van der Waals surface area contributed by atoms with Gasteiger partial charge in [0.2, 0.25) is 5.91 Å². The zero-order valence-electron chi connectivity index (χ0n) is 20.7. The van der Waals surface area contributed by atoms with Crippen molar-refractivity contribution >= 4 is 23.5 Å². The lowest BCUT2D eigenvalue weighted by Crippen LogP contribution is -2.14. The monoisotopic (exact) mass is 505 g/mol. The van der Waals surface area contributed by atoms with Crippen LogP contribution >= 0.6 is 0 Å². The third-order valence-electron chi connectivity index (χ3n) is 5.84. The molecule has 0 aliphatic carbocycles. The summed E-state index contributed by atoms with van der Waals surface area (Å²) >= 11 is 0. The van der Waals surface area contributed by atoms with Gasteiger partial charge in [0.1, 0.15) is 0 Å². The number of amides is 1. The fourth-order valence-electron chi connectivity index (χ4n) is 3.89.